The zero-order valence-corrected chi connectivity index (χ0v) is 18.2. The van der Waals surface area contributed by atoms with Crippen molar-refractivity contribution >= 4 is 45.8 Å². The van der Waals surface area contributed by atoms with Crippen LogP contribution in [0.4, 0.5) is 11.4 Å². The first kappa shape index (κ1) is 19.0. The molecule has 0 saturated heterocycles. The smallest absolute Gasteiger partial charge is 0.129 e. The summed E-state index contributed by atoms with van der Waals surface area (Å²) in [7, 11) is 1.72. The Labute approximate surface area is 169 Å². The number of hydrogen-bond acceptors (Lipinski definition) is 3. The number of anilines is 1. The minimum Gasteiger partial charge on any atom is -0.496 e. The molecule has 3 rings (SSSR count). The van der Waals surface area contributed by atoms with Crippen LogP contribution in [0, 0.1) is 3.57 Å². The van der Waals surface area contributed by atoms with Gasteiger partial charge < -0.3 is 9.64 Å². The summed E-state index contributed by atoms with van der Waals surface area (Å²) in [5.74, 6) is 0.849. The van der Waals surface area contributed by atoms with E-state index in [2.05, 4.69) is 90.5 Å². The number of fused-ring (bicyclic) bond motifs is 1. The fourth-order valence-electron chi connectivity index (χ4n) is 3.68. The third kappa shape index (κ3) is 3.65. The summed E-state index contributed by atoms with van der Waals surface area (Å²) in [6.07, 6.45) is 4.24. The maximum Gasteiger partial charge on any atom is 0.129 e. The maximum absolute atomic E-state index is 5.68. The average Bonchev–Trinajstić information content (AvgIpc) is 2.59. The second-order valence-electron chi connectivity index (χ2n) is 7.07. The topological polar surface area (TPSA) is 24.8 Å². The van der Waals surface area contributed by atoms with Gasteiger partial charge in [-0.2, -0.15) is 0 Å². The number of likely N-dealkylation sites (N-methyl/N-ethyl adjacent to an activating group) is 1. The van der Waals surface area contributed by atoms with Crippen molar-refractivity contribution in [1.29, 1.82) is 0 Å². The molecule has 1 aliphatic heterocycles. The highest BCUT2D eigenvalue weighted by atomic mass is 127. The quantitative estimate of drug-likeness (QED) is 0.409. The molecule has 1 heterocycles. The van der Waals surface area contributed by atoms with Gasteiger partial charge in [-0.1, -0.05) is 12.1 Å². The molecular weight excluding hydrogens is 435 g/mol. The van der Waals surface area contributed by atoms with Crippen LogP contribution in [0.2, 0.25) is 0 Å². The van der Waals surface area contributed by atoms with Crippen LogP contribution in [-0.2, 0) is 0 Å². The van der Waals surface area contributed by atoms with Gasteiger partial charge in [0.15, 0.2) is 0 Å². The Morgan fingerprint density at radius 3 is 2.65 bits per heavy atom. The van der Waals surface area contributed by atoms with Crippen molar-refractivity contribution in [3.05, 3.63) is 57.2 Å². The van der Waals surface area contributed by atoms with E-state index in [1.54, 1.807) is 7.11 Å². The molecule has 4 heteroatoms. The first-order valence-corrected chi connectivity index (χ1v) is 9.92. The number of rotatable bonds is 4. The van der Waals surface area contributed by atoms with E-state index in [1.807, 2.05) is 18.3 Å². The molecule has 0 saturated carbocycles. The van der Waals surface area contributed by atoms with E-state index >= 15 is 0 Å². The maximum atomic E-state index is 5.68. The van der Waals surface area contributed by atoms with Gasteiger partial charge in [0.2, 0.25) is 0 Å². The van der Waals surface area contributed by atoms with Gasteiger partial charge in [-0.15, -0.1) is 0 Å². The van der Waals surface area contributed by atoms with Crippen LogP contribution in [0.1, 0.15) is 38.8 Å². The number of allylic oxidation sites excluding steroid dienone is 1. The minimum absolute atomic E-state index is 0.00677. The van der Waals surface area contributed by atoms with Crippen LogP contribution >= 0.6 is 22.6 Å². The van der Waals surface area contributed by atoms with Crippen molar-refractivity contribution < 1.29 is 4.74 Å². The molecule has 0 spiro atoms. The van der Waals surface area contributed by atoms with Crippen LogP contribution < -0.4 is 9.64 Å². The third-order valence-corrected chi connectivity index (χ3v) is 5.48. The standard InChI is InChI=1S/C22H25IN2O/c1-6-25-20-12-21(26-5)16(10-19(20)15(2)13-22(25,3)4)14-24-18-9-7-8-17(23)11-18/h7-14H,6H2,1-5H3. The fourth-order valence-corrected chi connectivity index (χ4v) is 4.20. The summed E-state index contributed by atoms with van der Waals surface area (Å²) in [4.78, 5) is 7.06. The first-order valence-electron chi connectivity index (χ1n) is 8.85. The first-order chi connectivity index (χ1) is 12.4. The SMILES string of the molecule is CCN1c2cc(OC)c(C=Nc3cccc(I)c3)cc2C(C)=CC1(C)C. The molecule has 0 amide bonds. The molecule has 0 unspecified atom stereocenters. The summed E-state index contributed by atoms with van der Waals surface area (Å²) in [5, 5.41) is 0. The molecule has 2 aromatic rings. The Morgan fingerprint density at radius 1 is 1.23 bits per heavy atom. The second-order valence-corrected chi connectivity index (χ2v) is 8.32. The van der Waals surface area contributed by atoms with E-state index in [9.17, 15) is 0 Å². The Morgan fingerprint density at radius 2 is 2.00 bits per heavy atom. The molecule has 26 heavy (non-hydrogen) atoms. The Hall–Kier alpha value is -1.82. The molecule has 0 radical (unpaired) electrons. The normalized spacial score (nSPS) is 15.8. The predicted molar refractivity (Wildman–Crippen MR) is 120 cm³/mol. The summed E-state index contributed by atoms with van der Waals surface area (Å²) < 4.78 is 6.86. The number of methoxy groups -OCH3 is 1. The fraction of sp³-hybridized carbons (Fsp3) is 0.318. The van der Waals surface area contributed by atoms with Crippen molar-refractivity contribution in [3.8, 4) is 5.75 Å². The molecule has 0 N–H and O–H groups in total. The van der Waals surface area contributed by atoms with Crippen molar-refractivity contribution in [2.45, 2.75) is 33.2 Å². The summed E-state index contributed by atoms with van der Waals surface area (Å²) >= 11 is 2.30. The predicted octanol–water partition coefficient (Wildman–Crippen LogP) is 6.07. The van der Waals surface area contributed by atoms with Gasteiger partial charge >= 0.3 is 0 Å². The van der Waals surface area contributed by atoms with Crippen LogP contribution in [0.3, 0.4) is 0 Å². The molecule has 2 aromatic carbocycles. The average molecular weight is 460 g/mol. The summed E-state index contributed by atoms with van der Waals surface area (Å²) in [5.41, 5.74) is 5.69. The zero-order chi connectivity index (χ0) is 18.9. The van der Waals surface area contributed by atoms with Crippen LogP contribution in [0.5, 0.6) is 5.75 Å². The van der Waals surface area contributed by atoms with E-state index in [0.29, 0.717) is 0 Å². The number of benzene rings is 2. The highest BCUT2D eigenvalue weighted by Gasteiger charge is 2.31. The molecule has 0 bridgehead atoms. The lowest BCUT2D eigenvalue weighted by Gasteiger charge is -2.43. The van der Waals surface area contributed by atoms with Crippen LogP contribution in [0.15, 0.2) is 47.5 Å². The lowest BCUT2D eigenvalue weighted by atomic mass is 9.88. The Balaban J connectivity index is 2.08. The van der Waals surface area contributed by atoms with Gasteiger partial charge in [-0.25, -0.2) is 0 Å². The summed E-state index contributed by atoms with van der Waals surface area (Å²) in [6, 6.07) is 12.5. The molecule has 0 fully saturated rings. The number of aliphatic imine (C=N–C) groups is 1. The molecular formula is C22H25IN2O. The summed E-state index contributed by atoms with van der Waals surface area (Å²) in [6.45, 7) is 9.83. The minimum atomic E-state index is -0.00677. The van der Waals surface area contributed by atoms with Crippen molar-refractivity contribution in [3.63, 3.8) is 0 Å². The highest BCUT2D eigenvalue weighted by molar-refractivity contribution is 14.1. The molecule has 0 aromatic heterocycles. The number of nitrogens with zero attached hydrogens (tertiary/aromatic N) is 2. The van der Waals surface area contributed by atoms with E-state index in [1.165, 1.54) is 20.4 Å². The van der Waals surface area contributed by atoms with E-state index in [-0.39, 0.29) is 5.54 Å². The van der Waals surface area contributed by atoms with Crippen molar-refractivity contribution in [1.82, 2.24) is 0 Å². The van der Waals surface area contributed by atoms with E-state index in [0.717, 1.165) is 23.5 Å². The van der Waals surface area contributed by atoms with E-state index in [4.69, 9.17) is 4.74 Å². The van der Waals surface area contributed by atoms with Crippen LogP contribution in [-0.4, -0.2) is 25.4 Å². The molecule has 136 valence electrons. The van der Waals surface area contributed by atoms with E-state index < -0.39 is 0 Å². The lowest BCUT2D eigenvalue weighted by molar-refractivity contribution is 0.413. The van der Waals surface area contributed by atoms with Crippen molar-refractivity contribution in [2.24, 2.45) is 4.99 Å². The molecule has 0 atom stereocenters. The highest BCUT2D eigenvalue weighted by Crippen LogP contribution is 2.41. The third-order valence-electron chi connectivity index (χ3n) is 4.81. The van der Waals surface area contributed by atoms with Gasteiger partial charge in [0, 0.05) is 39.2 Å². The lowest BCUT2D eigenvalue weighted by Crippen LogP contribution is -2.44. The number of ether oxygens (including phenoxy) is 1. The molecule has 3 nitrogen and oxygen atoms in total. The Kier molecular flexibility index (Phi) is 5.42. The number of halogens is 1. The van der Waals surface area contributed by atoms with Gasteiger partial charge in [0.1, 0.15) is 5.75 Å². The van der Waals surface area contributed by atoms with Crippen LogP contribution in [0.25, 0.3) is 5.57 Å². The Bertz CT molecular complexity index is 884. The molecule has 1 aliphatic rings. The van der Waals surface area contributed by atoms with Gasteiger partial charge in [0.25, 0.3) is 0 Å². The number of hydrogen-bond donors (Lipinski definition) is 0. The second kappa shape index (κ2) is 7.43. The zero-order valence-electron chi connectivity index (χ0n) is 16.0. The largest absolute Gasteiger partial charge is 0.496 e. The van der Waals surface area contributed by atoms with Gasteiger partial charge in [-0.3, -0.25) is 4.99 Å². The van der Waals surface area contributed by atoms with Gasteiger partial charge in [0.05, 0.1) is 18.3 Å². The molecule has 0 aliphatic carbocycles. The van der Waals surface area contributed by atoms with Crippen molar-refractivity contribution in [2.75, 3.05) is 18.6 Å². The van der Waals surface area contributed by atoms with Gasteiger partial charge in [-0.05, 0) is 80.1 Å². The monoisotopic (exact) mass is 460 g/mol.